The van der Waals surface area contributed by atoms with Crippen molar-refractivity contribution in [2.75, 3.05) is 22.4 Å². The molecule has 0 radical (unpaired) electrons. The molecular formula is C14H17F3N2O4S. The number of sulfonamides is 1. The van der Waals surface area contributed by atoms with E-state index in [9.17, 15) is 26.4 Å². The summed E-state index contributed by atoms with van der Waals surface area (Å²) >= 11 is 0. The number of nitrogens with one attached hydrogen (secondary N) is 2. The van der Waals surface area contributed by atoms with Crippen molar-refractivity contribution < 1.29 is 31.1 Å². The normalized spacial score (nSPS) is 18.4. The van der Waals surface area contributed by atoms with Crippen LogP contribution >= 0.6 is 0 Å². The van der Waals surface area contributed by atoms with E-state index in [0.717, 1.165) is 6.42 Å². The van der Waals surface area contributed by atoms with Gasteiger partial charge in [-0.15, -0.1) is 0 Å². The van der Waals surface area contributed by atoms with Crippen LogP contribution in [0.3, 0.4) is 0 Å². The maximum Gasteiger partial charge on any atom is 0.390 e. The van der Waals surface area contributed by atoms with Crippen LogP contribution in [-0.4, -0.2) is 39.0 Å². The predicted molar refractivity (Wildman–Crippen MR) is 82.1 cm³/mol. The summed E-state index contributed by atoms with van der Waals surface area (Å²) in [5.41, 5.74) is 0.557. The van der Waals surface area contributed by atoms with E-state index in [2.05, 4.69) is 10.0 Å². The van der Waals surface area contributed by atoms with Crippen LogP contribution in [0.25, 0.3) is 0 Å². The zero-order valence-corrected chi connectivity index (χ0v) is 13.4. The molecule has 0 bridgehead atoms. The molecule has 0 saturated carbocycles. The molecule has 0 unspecified atom stereocenters. The Morgan fingerprint density at radius 2 is 1.83 bits per heavy atom. The number of amides is 1. The summed E-state index contributed by atoms with van der Waals surface area (Å²) in [5.74, 6) is -1.33. The lowest BCUT2D eigenvalue weighted by atomic mass is 10.2. The van der Waals surface area contributed by atoms with E-state index < -0.39 is 34.5 Å². The van der Waals surface area contributed by atoms with Crippen LogP contribution in [0.1, 0.15) is 19.3 Å². The number of hydrogen-bond acceptors (Lipinski definition) is 4. The maximum atomic E-state index is 12.1. The number of anilines is 2. The van der Waals surface area contributed by atoms with Gasteiger partial charge in [0.2, 0.25) is 10.0 Å². The number of rotatable bonds is 6. The molecule has 6 nitrogen and oxygen atoms in total. The molecule has 1 amide bonds. The summed E-state index contributed by atoms with van der Waals surface area (Å²) in [6.07, 6.45) is -4.99. The molecule has 1 fully saturated rings. The fraction of sp³-hybridized carbons (Fsp3) is 0.500. The van der Waals surface area contributed by atoms with Gasteiger partial charge in [0.25, 0.3) is 5.91 Å². The molecule has 1 aromatic rings. The van der Waals surface area contributed by atoms with Crippen molar-refractivity contribution in [2.45, 2.75) is 31.5 Å². The van der Waals surface area contributed by atoms with Crippen molar-refractivity contribution >= 4 is 27.3 Å². The molecule has 2 rings (SSSR count). The maximum absolute atomic E-state index is 12.1. The highest BCUT2D eigenvalue weighted by Crippen LogP contribution is 2.22. The molecule has 0 spiro atoms. The van der Waals surface area contributed by atoms with Gasteiger partial charge in [-0.1, -0.05) is 0 Å². The molecular weight excluding hydrogens is 349 g/mol. The molecule has 1 heterocycles. The van der Waals surface area contributed by atoms with Crippen LogP contribution in [0.2, 0.25) is 0 Å². The zero-order valence-electron chi connectivity index (χ0n) is 12.6. The Morgan fingerprint density at radius 3 is 2.38 bits per heavy atom. The summed E-state index contributed by atoms with van der Waals surface area (Å²) < 4.78 is 66.7. The van der Waals surface area contributed by atoms with Crippen molar-refractivity contribution in [1.29, 1.82) is 0 Å². The molecule has 24 heavy (non-hydrogen) atoms. The first-order valence-corrected chi connectivity index (χ1v) is 8.90. The summed E-state index contributed by atoms with van der Waals surface area (Å²) in [6.45, 7) is 0.538. The summed E-state index contributed by atoms with van der Waals surface area (Å²) in [4.78, 5) is 11.9. The van der Waals surface area contributed by atoms with E-state index in [0.29, 0.717) is 18.7 Å². The topological polar surface area (TPSA) is 84.5 Å². The van der Waals surface area contributed by atoms with Crippen LogP contribution < -0.4 is 10.0 Å². The van der Waals surface area contributed by atoms with E-state index in [1.54, 1.807) is 0 Å². The van der Waals surface area contributed by atoms with Gasteiger partial charge in [-0.3, -0.25) is 9.52 Å². The standard InChI is InChI=1S/C14H17F3N2O4S/c15-14(16,17)7-9-24(21,22)19-11-5-3-10(4-6-11)18-13(20)12-2-1-8-23-12/h3-6,12,19H,1-2,7-9H2,(H,18,20)/t12-/m1/s1. The summed E-state index contributed by atoms with van der Waals surface area (Å²) in [7, 11) is -4.09. The van der Waals surface area contributed by atoms with E-state index in [-0.39, 0.29) is 11.6 Å². The van der Waals surface area contributed by atoms with Crippen LogP contribution in [0.4, 0.5) is 24.5 Å². The third kappa shape index (κ3) is 6.00. The molecule has 2 N–H and O–H groups in total. The minimum atomic E-state index is -4.54. The van der Waals surface area contributed by atoms with Crippen molar-refractivity contribution in [3.63, 3.8) is 0 Å². The molecule has 1 atom stereocenters. The van der Waals surface area contributed by atoms with Gasteiger partial charge in [0, 0.05) is 18.0 Å². The van der Waals surface area contributed by atoms with Gasteiger partial charge in [0.05, 0.1) is 12.2 Å². The average Bonchev–Trinajstić information content (AvgIpc) is 3.01. The highest BCUT2D eigenvalue weighted by Gasteiger charge is 2.30. The van der Waals surface area contributed by atoms with Crippen molar-refractivity contribution in [3.8, 4) is 0 Å². The lowest BCUT2D eigenvalue weighted by Crippen LogP contribution is -2.26. The minimum Gasteiger partial charge on any atom is -0.368 e. The third-order valence-corrected chi connectivity index (χ3v) is 4.59. The van der Waals surface area contributed by atoms with Gasteiger partial charge < -0.3 is 10.1 Å². The molecule has 1 aliphatic rings. The Labute approximate surface area is 137 Å². The van der Waals surface area contributed by atoms with Crippen LogP contribution in [0, 0.1) is 0 Å². The number of hydrogen-bond donors (Lipinski definition) is 2. The lowest BCUT2D eigenvalue weighted by molar-refractivity contribution is -0.130. The summed E-state index contributed by atoms with van der Waals surface area (Å²) in [6, 6.07) is 5.62. The summed E-state index contributed by atoms with van der Waals surface area (Å²) in [5, 5.41) is 2.63. The second kappa shape index (κ2) is 7.39. The van der Waals surface area contributed by atoms with E-state index in [1.165, 1.54) is 24.3 Å². The molecule has 1 aliphatic heterocycles. The molecule has 134 valence electrons. The van der Waals surface area contributed by atoms with Crippen molar-refractivity contribution in [1.82, 2.24) is 0 Å². The Kier molecular flexibility index (Phi) is 5.70. The zero-order chi connectivity index (χ0) is 17.8. The van der Waals surface area contributed by atoms with E-state index in [4.69, 9.17) is 4.74 Å². The SMILES string of the molecule is O=C(Nc1ccc(NS(=O)(=O)CCC(F)(F)F)cc1)[C@H]1CCCO1. The molecule has 0 aromatic heterocycles. The third-order valence-electron chi connectivity index (χ3n) is 3.30. The van der Waals surface area contributed by atoms with Crippen LogP contribution in [0.5, 0.6) is 0 Å². The van der Waals surface area contributed by atoms with Gasteiger partial charge in [-0.25, -0.2) is 8.42 Å². The molecule has 10 heteroatoms. The average molecular weight is 366 g/mol. The number of benzene rings is 1. The predicted octanol–water partition coefficient (Wildman–Crippen LogP) is 2.50. The molecule has 1 saturated heterocycles. The van der Waals surface area contributed by atoms with Crippen LogP contribution in [0.15, 0.2) is 24.3 Å². The first-order chi connectivity index (χ1) is 11.1. The van der Waals surface area contributed by atoms with Crippen LogP contribution in [-0.2, 0) is 19.6 Å². The van der Waals surface area contributed by atoms with Gasteiger partial charge in [-0.05, 0) is 37.1 Å². The first kappa shape index (κ1) is 18.5. The quantitative estimate of drug-likeness (QED) is 0.810. The van der Waals surface area contributed by atoms with Gasteiger partial charge in [-0.2, -0.15) is 13.2 Å². The van der Waals surface area contributed by atoms with Gasteiger partial charge in [0.15, 0.2) is 0 Å². The smallest absolute Gasteiger partial charge is 0.368 e. The highest BCUT2D eigenvalue weighted by molar-refractivity contribution is 7.92. The second-order valence-corrected chi connectivity index (χ2v) is 7.20. The van der Waals surface area contributed by atoms with Crippen molar-refractivity contribution in [2.24, 2.45) is 0 Å². The number of carbonyl (C=O) groups is 1. The Balaban J connectivity index is 1.90. The Morgan fingerprint density at radius 1 is 1.21 bits per heavy atom. The van der Waals surface area contributed by atoms with E-state index in [1.807, 2.05) is 0 Å². The largest absolute Gasteiger partial charge is 0.390 e. The number of carbonyl (C=O) groups excluding carboxylic acids is 1. The fourth-order valence-electron chi connectivity index (χ4n) is 2.11. The lowest BCUT2D eigenvalue weighted by Gasteiger charge is -2.12. The van der Waals surface area contributed by atoms with Gasteiger partial charge >= 0.3 is 6.18 Å². The molecule has 1 aromatic carbocycles. The van der Waals surface area contributed by atoms with Gasteiger partial charge in [0.1, 0.15) is 6.10 Å². The van der Waals surface area contributed by atoms with Crippen molar-refractivity contribution in [3.05, 3.63) is 24.3 Å². The number of ether oxygens (including phenoxy) is 1. The van der Waals surface area contributed by atoms with E-state index >= 15 is 0 Å². The Bertz CT molecular complexity index is 668. The second-order valence-electron chi connectivity index (χ2n) is 5.35. The molecule has 0 aliphatic carbocycles. The highest BCUT2D eigenvalue weighted by atomic mass is 32.2. The monoisotopic (exact) mass is 366 g/mol. The Hall–Kier alpha value is -1.81. The first-order valence-electron chi connectivity index (χ1n) is 7.24. The number of halogens is 3. The number of alkyl halides is 3. The minimum absolute atomic E-state index is 0.118. The fourth-order valence-corrected chi connectivity index (χ4v) is 3.21.